The summed E-state index contributed by atoms with van der Waals surface area (Å²) in [4.78, 5) is 2.69. The van der Waals surface area contributed by atoms with Gasteiger partial charge in [-0.1, -0.05) is 38.8 Å². The fourth-order valence-corrected chi connectivity index (χ4v) is 3.71. The summed E-state index contributed by atoms with van der Waals surface area (Å²) in [7, 11) is 0. The lowest BCUT2D eigenvalue weighted by atomic mass is 9.79. The van der Waals surface area contributed by atoms with E-state index in [9.17, 15) is 5.11 Å². The summed E-state index contributed by atoms with van der Waals surface area (Å²) in [5.74, 6) is 0.998. The Hall–Kier alpha value is -1.02. The lowest BCUT2D eigenvalue weighted by Crippen LogP contribution is -2.42. The van der Waals surface area contributed by atoms with Gasteiger partial charge in [0, 0.05) is 6.04 Å². The Morgan fingerprint density at radius 1 is 1.10 bits per heavy atom. The topological polar surface area (TPSA) is 23.5 Å². The van der Waals surface area contributed by atoms with Crippen LogP contribution >= 0.6 is 0 Å². The molecule has 1 aromatic rings. The number of rotatable bonds is 6. The van der Waals surface area contributed by atoms with E-state index in [0.29, 0.717) is 17.7 Å². The molecule has 2 nitrogen and oxygen atoms in total. The number of aromatic hydroxyl groups is 1. The summed E-state index contributed by atoms with van der Waals surface area (Å²) in [6, 6.07) is 8.58. The van der Waals surface area contributed by atoms with E-state index < -0.39 is 0 Å². The maximum absolute atomic E-state index is 9.76. The zero-order chi connectivity index (χ0) is 14.4. The van der Waals surface area contributed by atoms with Crippen LogP contribution in [0.15, 0.2) is 24.3 Å². The van der Waals surface area contributed by atoms with Gasteiger partial charge in [-0.05, 0) is 62.4 Å². The first-order chi connectivity index (χ1) is 9.76. The molecule has 0 aliphatic heterocycles. The summed E-state index contributed by atoms with van der Waals surface area (Å²) >= 11 is 0. The van der Waals surface area contributed by atoms with Gasteiger partial charge in [-0.3, -0.25) is 4.90 Å². The third-order valence-electron chi connectivity index (χ3n) is 4.52. The SMILES string of the molecule is CCCN(CCC)[C@@H]1CCCC[C@@H]1c1cccc(O)c1. The van der Waals surface area contributed by atoms with Crippen molar-refractivity contribution >= 4 is 0 Å². The highest BCUT2D eigenvalue weighted by molar-refractivity contribution is 5.31. The summed E-state index contributed by atoms with van der Waals surface area (Å²) in [6.45, 7) is 6.95. The van der Waals surface area contributed by atoms with Gasteiger partial charge in [0.2, 0.25) is 0 Å². The van der Waals surface area contributed by atoms with Crippen molar-refractivity contribution < 1.29 is 5.11 Å². The van der Waals surface area contributed by atoms with Crippen molar-refractivity contribution in [1.82, 2.24) is 4.90 Å². The van der Waals surface area contributed by atoms with Gasteiger partial charge in [0.15, 0.2) is 0 Å². The predicted molar refractivity (Wildman–Crippen MR) is 85.3 cm³/mol. The monoisotopic (exact) mass is 275 g/mol. The summed E-state index contributed by atoms with van der Waals surface area (Å²) in [5.41, 5.74) is 1.33. The van der Waals surface area contributed by atoms with E-state index in [1.165, 1.54) is 57.2 Å². The molecule has 2 heteroatoms. The second kappa shape index (κ2) is 7.68. The molecule has 20 heavy (non-hydrogen) atoms. The van der Waals surface area contributed by atoms with Crippen molar-refractivity contribution in [2.24, 2.45) is 0 Å². The van der Waals surface area contributed by atoms with Crippen LogP contribution in [0, 0.1) is 0 Å². The molecule has 2 atom stereocenters. The number of phenols is 1. The molecule has 0 radical (unpaired) electrons. The van der Waals surface area contributed by atoms with E-state index in [1.807, 2.05) is 12.1 Å². The van der Waals surface area contributed by atoms with Crippen LogP contribution in [0.3, 0.4) is 0 Å². The normalized spacial score (nSPS) is 23.1. The highest BCUT2D eigenvalue weighted by atomic mass is 16.3. The minimum atomic E-state index is 0.407. The van der Waals surface area contributed by atoms with Crippen molar-refractivity contribution in [1.29, 1.82) is 0 Å². The summed E-state index contributed by atoms with van der Waals surface area (Å²) in [6.07, 6.45) is 7.69. The van der Waals surface area contributed by atoms with Crippen molar-refractivity contribution in [3.63, 3.8) is 0 Å². The minimum Gasteiger partial charge on any atom is -0.508 e. The fourth-order valence-electron chi connectivity index (χ4n) is 3.71. The van der Waals surface area contributed by atoms with Crippen LogP contribution < -0.4 is 0 Å². The molecular formula is C18H29NO. The summed E-state index contributed by atoms with van der Waals surface area (Å²) < 4.78 is 0. The maximum atomic E-state index is 9.76. The Labute approximate surface area is 123 Å². The Morgan fingerprint density at radius 2 is 1.80 bits per heavy atom. The van der Waals surface area contributed by atoms with Crippen LogP contribution in [-0.4, -0.2) is 29.1 Å². The third kappa shape index (κ3) is 3.76. The number of phenolic OH excluding ortho intramolecular Hbond substituents is 1. The first kappa shape index (κ1) is 15.4. The molecule has 1 aromatic carbocycles. The number of hydrogen-bond acceptors (Lipinski definition) is 2. The predicted octanol–water partition coefficient (Wildman–Crippen LogP) is 4.54. The Balaban J connectivity index is 2.19. The largest absolute Gasteiger partial charge is 0.508 e. The Kier molecular flexibility index (Phi) is 5.90. The molecule has 2 rings (SSSR count). The second-order valence-electron chi connectivity index (χ2n) is 6.09. The molecule has 0 heterocycles. The zero-order valence-electron chi connectivity index (χ0n) is 13.0. The molecule has 0 unspecified atom stereocenters. The lowest BCUT2D eigenvalue weighted by molar-refractivity contribution is 0.135. The highest BCUT2D eigenvalue weighted by Crippen LogP contribution is 2.37. The van der Waals surface area contributed by atoms with Gasteiger partial charge in [-0.2, -0.15) is 0 Å². The van der Waals surface area contributed by atoms with Crippen molar-refractivity contribution in [3.8, 4) is 5.75 Å². The van der Waals surface area contributed by atoms with E-state index in [4.69, 9.17) is 0 Å². The average Bonchev–Trinajstić information content (AvgIpc) is 2.47. The second-order valence-corrected chi connectivity index (χ2v) is 6.09. The van der Waals surface area contributed by atoms with Crippen LogP contribution in [0.2, 0.25) is 0 Å². The van der Waals surface area contributed by atoms with Crippen LogP contribution in [0.5, 0.6) is 5.75 Å². The quantitative estimate of drug-likeness (QED) is 0.824. The van der Waals surface area contributed by atoms with Crippen LogP contribution in [-0.2, 0) is 0 Å². The van der Waals surface area contributed by atoms with E-state index in [2.05, 4.69) is 24.8 Å². The molecule has 0 amide bonds. The molecule has 1 aliphatic rings. The van der Waals surface area contributed by atoms with Crippen molar-refractivity contribution in [2.75, 3.05) is 13.1 Å². The van der Waals surface area contributed by atoms with Crippen LogP contribution in [0.4, 0.5) is 0 Å². The molecule has 1 fully saturated rings. The van der Waals surface area contributed by atoms with E-state index >= 15 is 0 Å². The van der Waals surface area contributed by atoms with Crippen LogP contribution in [0.25, 0.3) is 0 Å². The lowest BCUT2D eigenvalue weighted by Gasteiger charge is -2.40. The molecule has 1 saturated carbocycles. The van der Waals surface area contributed by atoms with E-state index in [0.717, 1.165) is 0 Å². The number of benzene rings is 1. The van der Waals surface area contributed by atoms with Gasteiger partial charge < -0.3 is 5.11 Å². The highest BCUT2D eigenvalue weighted by Gasteiger charge is 2.30. The number of nitrogens with zero attached hydrogens (tertiary/aromatic N) is 1. The molecule has 112 valence electrons. The van der Waals surface area contributed by atoms with Gasteiger partial charge in [0.1, 0.15) is 5.75 Å². The smallest absolute Gasteiger partial charge is 0.115 e. The van der Waals surface area contributed by atoms with Crippen molar-refractivity contribution in [3.05, 3.63) is 29.8 Å². The van der Waals surface area contributed by atoms with E-state index in [-0.39, 0.29) is 0 Å². The van der Waals surface area contributed by atoms with E-state index in [1.54, 1.807) is 6.07 Å². The average molecular weight is 275 g/mol. The zero-order valence-corrected chi connectivity index (χ0v) is 13.0. The van der Waals surface area contributed by atoms with Gasteiger partial charge in [-0.15, -0.1) is 0 Å². The first-order valence-electron chi connectivity index (χ1n) is 8.29. The molecule has 0 spiro atoms. The maximum Gasteiger partial charge on any atom is 0.115 e. The number of hydrogen-bond donors (Lipinski definition) is 1. The fraction of sp³-hybridized carbons (Fsp3) is 0.667. The molecule has 1 N–H and O–H groups in total. The summed E-state index contributed by atoms with van der Waals surface area (Å²) in [5, 5.41) is 9.76. The first-order valence-corrected chi connectivity index (χ1v) is 8.29. The van der Waals surface area contributed by atoms with Gasteiger partial charge >= 0.3 is 0 Å². The van der Waals surface area contributed by atoms with Gasteiger partial charge in [0.25, 0.3) is 0 Å². The Bertz CT molecular complexity index is 398. The molecule has 1 aliphatic carbocycles. The van der Waals surface area contributed by atoms with Crippen LogP contribution in [0.1, 0.15) is 63.9 Å². The Morgan fingerprint density at radius 3 is 2.45 bits per heavy atom. The molecule has 0 aromatic heterocycles. The minimum absolute atomic E-state index is 0.407. The standard InChI is InChI=1S/C18H29NO/c1-3-12-19(13-4-2)18-11-6-5-10-17(18)15-8-7-9-16(20)14-15/h7-9,14,17-18,20H,3-6,10-13H2,1-2H3/t17-,18-/m1/s1. The molecule has 0 bridgehead atoms. The van der Waals surface area contributed by atoms with Crippen molar-refractivity contribution in [2.45, 2.75) is 64.3 Å². The molecular weight excluding hydrogens is 246 g/mol. The third-order valence-corrected chi connectivity index (χ3v) is 4.52. The molecule has 0 saturated heterocycles. The van der Waals surface area contributed by atoms with Gasteiger partial charge in [-0.25, -0.2) is 0 Å². The van der Waals surface area contributed by atoms with Gasteiger partial charge in [0.05, 0.1) is 0 Å².